The molecule has 2 aliphatic heterocycles. The maximum atomic E-state index is 12.7. The molecule has 0 radical (unpaired) electrons. The average Bonchev–Trinajstić information content (AvgIpc) is 2.86. The van der Waals surface area contributed by atoms with Crippen molar-refractivity contribution >= 4 is 5.97 Å². The van der Waals surface area contributed by atoms with Crippen LogP contribution in [0.3, 0.4) is 0 Å². The molecule has 3 aliphatic carbocycles. The predicted octanol–water partition coefficient (Wildman–Crippen LogP) is 2.85. The van der Waals surface area contributed by atoms with E-state index in [1.807, 2.05) is 13.0 Å². The Labute approximate surface area is 124 Å². The molecule has 21 heavy (non-hydrogen) atoms. The third kappa shape index (κ3) is 1.14. The van der Waals surface area contributed by atoms with Gasteiger partial charge in [-0.25, -0.2) is 0 Å². The van der Waals surface area contributed by atoms with Crippen molar-refractivity contribution in [3.63, 3.8) is 0 Å². The summed E-state index contributed by atoms with van der Waals surface area (Å²) in [4.78, 5) is 12.7. The minimum Gasteiger partial charge on any atom is -0.508 e. The number of aryl methyl sites for hydroxylation is 1. The molecule has 5 aliphatic rings. The molecule has 3 nitrogen and oxygen atoms in total. The molecule has 2 heterocycles. The fourth-order valence-corrected chi connectivity index (χ4v) is 5.91. The summed E-state index contributed by atoms with van der Waals surface area (Å²) in [7, 11) is 0. The van der Waals surface area contributed by atoms with E-state index in [1.54, 1.807) is 0 Å². The zero-order chi connectivity index (χ0) is 14.5. The lowest BCUT2D eigenvalue weighted by atomic mass is 9.50. The molecule has 1 aromatic rings. The lowest BCUT2D eigenvalue weighted by molar-refractivity contribution is -0.207. The van der Waals surface area contributed by atoms with E-state index in [9.17, 15) is 9.90 Å². The van der Waals surface area contributed by atoms with Crippen LogP contribution in [0.1, 0.15) is 47.9 Å². The van der Waals surface area contributed by atoms with Gasteiger partial charge in [0, 0.05) is 11.8 Å². The van der Waals surface area contributed by atoms with E-state index in [0.717, 1.165) is 31.2 Å². The topological polar surface area (TPSA) is 46.5 Å². The summed E-state index contributed by atoms with van der Waals surface area (Å²) in [6.07, 6.45) is 3.85. The van der Waals surface area contributed by atoms with Gasteiger partial charge in [0.2, 0.25) is 0 Å². The quantitative estimate of drug-likeness (QED) is 0.745. The van der Waals surface area contributed by atoms with Crippen LogP contribution >= 0.6 is 0 Å². The van der Waals surface area contributed by atoms with E-state index in [-0.39, 0.29) is 17.5 Å². The van der Waals surface area contributed by atoms with Crippen molar-refractivity contribution < 1.29 is 14.6 Å². The molecule has 2 bridgehead atoms. The van der Waals surface area contributed by atoms with E-state index in [1.165, 1.54) is 16.7 Å². The minimum absolute atomic E-state index is 0.0525. The van der Waals surface area contributed by atoms with Crippen LogP contribution in [0.2, 0.25) is 0 Å². The van der Waals surface area contributed by atoms with Crippen LogP contribution in [0.5, 0.6) is 5.75 Å². The van der Waals surface area contributed by atoms with Gasteiger partial charge in [-0.1, -0.05) is 6.92 Å². The smallest absolute Gasteiger partial charge is 0.313 e. The molecular weight excluding hydrogens is 264 g/mol. The number of rotatable bonds is 0. The number of fused-ring (bicyclic) bond motifs is 2. The predicted molar refractivity (Wildman–Crippen MR) is 77.2 cm³/mol. The van der Waals surface area contributed by atoms with Crippen LogP contribution < -0.4 is 0 Å². The summed E-state index contributed by atoms with van der Waals surface area (Å²) >= 11 is 0. The van der Waals surface area contributed by atoms with Gasteiger partial charge in [0.25, 0.3) is 0 Å². The molecule has 110 valence electrons. The van der Waals surface area contributed by atoms with Crippen LogP contribution in [0, 0.1) is 24.2 Å². The highest BCUT2D eigenvalue weighted by molar-refractivity contribution is 5.83. The van der Waals surface area contributed by atoms with Crippen LogP contribution in [0.25, 0.3) is 0 Å². The third-order valence-electron chi connectivity index (χ3n) is 6.94. The molecule has 0 aromatic heterocycles. The minimum atomic E-state index is -0.291. The zero-order valence-corrected chi connectivity index (χ0v) is 12.5. The van der Waals surface area contributed by atoms with E-state index in [0.29, 0.717) is 23.5 Å². The number of ether oxygens (including phenoxy) is 1. The van der Waals surface area contributed by atoms with Gasteiger partial charge in [-0.05, 0) is 66.8 Å². The normalized spacial score (nSPS) is 41.9. The number of hydrogen-bond donors (Lipinski definition) is 1. The standard InChI is InChI=1S/C18H20O3/c1-8-5-14-12-7-11-9(2)13(19)6-10-3-4-18(8,17(20)21-14)16(12)15(10)11/h6,8,12,14,16,19H,3-5,7H2,1-2H3/t8?,12-,14-,16?,18?/m1/s1. The molecule has 6 rings (SSSR count). The lowest BCUT2D eigenvalue weighted by Gasteiger charge is -2.57. The maximum absolute atomic E-state index is 12.7. The highest BCUT2D eigenvalue weighted by Crippen LogP contribution is 2.67. The Balaban J connectivity index is 1.82. The SMILES string of the molecule is Cc1c(O)cc2c3c1C[C@H]1C3C3(CC2)C(=O)O[C@@H]1CC3C. The first-order valence-corrected chi connectivity index (χ1v) is 8.09. The Bertz CT molecular complexity index is 692. The first kappa shape index (κ1) is 12.1. The first-order valence-electron chi connectivity index (χ1n) is 8.09. The Morgan fingerprint density at radius 2 is 2.24 bits per heavy atom. The molecular formula is C18H20O3. The van der Waals surface area contributed by atoms with E-state index in [2.05, 4.69) is 6.92 Å². The Morgan fingerprint density at radius 1 is 1.43 bits per heavy atom. The van der Waals surface area contributed by atoms with Gasteiger partial charge in [0.1, 0.15) is 11.9 Å². The Hall–Kier alpha value is -1.51. The molecule has 3 heteroatoms. The van der Waals surface area contributed by atoms with Crippen molar-refractivity contribution in [1.82, 2.24) is 0 Å². The highest BCUT2D eigenvalue weighted by Gasteiger charge is 2.67. The van der Waals surface area contributed by atoms with Crippen molar-refractivity contribution in [2.75, 3.05) is 0 Å². The van der Waals surface area contributed by atoms with Crippen LogP contribution in [0.15, 0.2) is 6.07 Å². The molecule has 1 aromatic carbocycles. The van der Waals surface area contributed by atoms with Gasteiger partial charge in [-0.2, -0.15) is 0 Å². The van der Waals surface area contributed by atoms with Crippen molar-refractivity contribution in [2.24, 2.45) is 17.3 Å². The van der Waals surface area contributed by atoms with E-state index < -0.39 is 0 Å². The first-order chi connectivity index (χ1) is 10.0. The molecule has 0 amide bonds. The fraction of sp³-hybridized carbons (Fsp3) is 0.611. The second kappa shape index (κ2) is 3.45. The lowest BCUT2D eigenvalue weighted by Crippen LogP contribution is -2.60. The molecule has 5 atom stereocenters. The largest absolute Gasteiger partial charge is 0.508 e. The van der Waals surface area contributed by atoms with Crippen molar-refractivity contribution in [3.05, 3.63) is 28.3 Å². The number of esters is 1. The van der Waals surface area contributed by atoms with Gasteiger partial charge in [-0.3, -0.25) is 4.79 Å². The summed E-state index contributed by atoms with van der Waals surface area (Å²) in [5.74, 6) is 1.67. The number of benzene rings is 1. The number of hydrogen-bond acceptors (Lipinski definition) is 3. The average molecular weight is 284 g/mol. The fourth-order valence-electron chi connectivity index (χ4n) is 5.91. The zero-order valence-electron chi connectivity index (χ0n) is 12.5. The molecule has 2 saturated heterocycles. The molecule has 1 saturated carbocycles. The summed E-state index contributed by atoms with van der Waals surface area (Å²) in [5.41, 5.74) is 4.70. The Morgan fingerprint density at radius 3 is 3.00 bits per heavy atom. The van der Waals surface area contributed by atoms with Gasteiger partial charge in [-0.15, -0.1) is 0 Å². The Kier molecular flexibility index (Phi) is 1.98. The van der Waals surface area contributed by atoms with Crippen molar-refractivity contribution in [3.8, 4) is 5.75 Å². The molecule has 1 spiro atoms. The van der Waals surface area contributed by atoms with Crippen molar-refractivity contribution in [2.45, 2.75) is 51.6 Å². The third-order valence-corrected chi connectivity index (χ3v) is 6.94. The molecule has 3 fully saturated rings. The monoisotopic (exact) mass is 284 g/mol. The van der Waals surface area contributed by atoms with Crippen LogP contribution in [-0.4, -0.2) is 17.2 Å². The van der Waals surface area contributed by atoms with Gasteiger partial charge in [0.15, 0.2) is 0 Å². The molecule has 3 unspecified atom stereocenters. The van der Waals surface area contributed by atoms with Crippen LogP contribution in [0.4, 0.5) is 0 Å². The van der Waals surface area contributed by atoms with E-state index >= 15 is 0 Å². The van der Waals surface area contributed by atoms with Gasteiger partial charge < -0.3 is 9.84 Å². The maximum Gasteiger partial charge on any atom is 0.313 e. The number of carbonyl (C=O) groups excluding carboxylic acids is 1. The summed E-state index contributed by atoms with van der Waals surface area (Å²) in [5, 5.41) is 10.2. The number of phenols is 1. The van der Waals surface area contributed by atoms with Gasteiger partial charge >= 0.3 is 5.97 Å². The highest BCUT2D eigenvalue weighted by atomic mass is 16.5. The molecule has 1 N–H and O–H groups in total. The van der Waals surface area contributed by atoms with Crippen molar-refractivity contribution in [1.29, 1.82) is 0 Å². The summed E-state index contributed by atoms with van der Waals surface area (Å²) in [6.45, 7) is 4.25. The second-order valence-electron chi connectivity index (χ2n) is 7.54. The second-order valence-corrected chi connectivity index (χ2v) is 7.54. The number of carbonyl (C=O) groups is 1. The number of aromatic hydroxyl groups is 1. The summed E-state index contributed by atoms with van der Waals surface area (Å²) in [6, 6.07) is 1.95. The van der Waals surface area contributed by atoms with E-state index in [4.69, 9.17) is 4.74 Å². The summed E-state index contributed by atoms with van der Waals surface area (Å²) < 4.78 is 5.79. The van der Waals surface area contributed by atoms with Crippen LogP contribution in [-0.2, 0) is 22.4 Å². The van der Waals surface area contributed by atoms with Gasteiger partial charge in [0.05, 0.1) is 5.41 Å². The number of phenolic OH excluding ortho intramolecular Hbond substituents is 1.